The van der Waals surface area contributed by atoms with Crippen LogP contribution in [0.15, 0.2) is 48.5 Å². The summed E-state index contributed by atoms with van der Waals surface area (Å²) in [6, 6.07) is 16.2. The van der Waals surface area contributed by atoms with Crippen LogP contribution in [0.2, 0.25) is 0 Å². The molecule has 0 aliphatic heterocycles. The molecule has 1 N–H and O–H groups in total. The third-order valence-electron chi connectivity index (χ3n) is 3.06. The lowest BCUT2D eigenvalue weighted by molar-refractivity contribution is 0.580. The Hall–Kier alpha value is -2.16. The van der Waals surface area contributed by atoms with Gasteiger partial charge in [0.05, 0.1) is 17.4 Å². The lowest BCUT2D eigenvalue weighted by Gasteiger charge is -2.07. The maximum Gasteiger partial charge on any atom is 0.216 e. The number of benzene rings is 2. The molecule has 0 aliphatic rings. The van der Waals surface area contributed by atoms with Crippen LogP contribution in [-0.4, -0.2) is 8.42 Å². The summed E-state index contributed by atoms with van der Waals surface area (Å²) in [5.74, 6) is -0.0927. The van der Waals surface area contributed by atoms with Gasteiger partial charge in [-0.2, -0.15) is 5.26 Å². The minimum Gasteiger partial charge on any atom is -0.212 e. The fourth-order valence-electron chi connectivity index (χ4n) is 1.85. The van der Waals surface area contributed by atoms with E-state index < -0.39 is 10.0 Å². The third kappa shape index (κ3) is 4.71. The Morgan fingerprint density at radius 2 is 1.57 bits per heavy atom. The predicted molar refractivity (Wildman–Crippen MR) is 81.8 cm³/mol. The first kappa shape index (κ1) is 15.2. The van der Waals surface area contributed by atoms with E-state index in [9.17, 15) is 8.42 Å². The number of sulfonamides is 1. The molecule has 2 aromatic carbocycles. The van der Waals surface area contributed by atoms with Gasteiger partial charge in [0.25, 0.3) is 0 Å². The first-order valence-electron chi connectivity index (χ1n) is 6.50. The molecule has 0 saturated carbocycles. The fourth-order valence-corrected chi connectivity index (χ4v) is 2.97. The lowest BCUT2D eigenvalue weighted by Crippen LogP contribution is -2.24. The highest BCUT2D eigenvalue weighted by Gasteiger charge is 2.11. The summed E-state index contributed by atoms with van der Waals surface area (Å²) in [6.45, 7) is 2.26. The van der Waals surface area contributed by atoms with Crippen LogP contribution < -0.4 is 4.72 Å². The summed E-state index contributed by atoms with van der Waals surface area (Å²) in [5.41, 5.74) is 3.23. The highest BCUT2D eigenvalue weighted by molar-refractivity contribution is 7.88. The van der Waals surface area contributed by atoms with Crippen molar-refractivity contribution in [2.45, 2.75) is 19.2 Å². The van der Waals surface area contributed by atoms with E-state index in [2.05, 4.69) is 4.72 Å². The van der Waals surface area contributed by atoms with Crippen molar-refractivity contribution in [1.82, 2.24) is 4.72 Å². The SMILES string of the molecule is Cc1ccc(CNS(=O)(=O)Cc2ccc(C#N)cc2)cc1. The quantitative estimate of drug-likeness (QED) is 0.922. The van der Waals surface area contributed by atoms with Crippen LogP contribution in [0.4, 0.5) is 0 Å². The molecule has 0 atom stereocenters. The molecule has 0 bridgehead atoms. The van der Waals surface area contributed by atoms with E-state index in [0.717, 1.165) is 11.1 Å². The first-order valence-corrected chi connectivity index (χ1v) is 8.16. The minimum absolute atomic E-state index is 0.0927. The van der Waals surface area contributed by atoms with E-state index in [1.807, 2.05) is 37.3 Å². The molecule has 108 valence electrons. The second-order valence-electron chi connectivity index (χ2n) is 4.87. The Morgan fingerprint density at radius 3 is 2.14 bits per heavy atom. The van der Waals surface area contributed by atoms with Crippen LogP contribution in [0.3, 0.4) is 0 Å². The van der Waals surface area contributed by atoms with Gasteiger partial charge in [-0.1, -0.05) is 42.0 Å². The summed E-state index contributed by atoms with van der Waals surface area (Å²) in [4.78, 5) is 0. The number of hydrogen-bond acceptors (Lipinski definition) is 3. The highest BCUT2D eigenvalue weighted by Crippen LogP contribution is 2.08. The van der Waals surface area contributed by atoms with Crippen LogP contribution in [0.5, 0.6) is 0 Å². The Balaban J connectivity index is 1.98. The largest absolute Gasteiger partial charge is 0.216 e. The van der Waals surface area contributed by atoms with Gasteiger partial charge in [0.15, 0.2) is 0 Å². The van der Waals surface area contributed by atoms with Crippen molar-refractivity contribution in [3.63, 3.8) is 0 Å². The van der Waals surface area contributed by atoms with Gasteiger partial charge in [-0.05, 0) is 30.2 Å². The summed E-state index contributed by atoms with van der Waals surface area (Å²) in [7, 11) is -3.40. The number of aryl methyl sites for hydroxylation is 1. The zero-order chi connectivity index (χ0) is 15.3. The van der Waals surface area contributed by atoms with Gasteiger partial charge in [-0.25, -0.2) is 13.1 Å². The van der Waals surface area contributed by atoms with Crippen LogP contribution >= 0.6 is 0 Å². The normalized spacial score (nSPS) is 11.0. The molecule has 2 rings (SSSR count). The molecule has 2 aromatic rings. The van der Waals surface area contributed by atoms with E-state index in [1.165, 1.54) is 0 Å². The Kier molecular flexibility index (Phi) is 4.73. The second-order valence-corrected chi connectivity index (χ2v) is 6.68. The van der Waals surface area contributed by atoms with Crippen molar-refractivity contribution in [1.29, 1.82) is 5.26 Å². The van der Waals surface area contributed by atoms with E-state index in [-0.39, 0.29) is 12.3 Å². The lowest BCUT2D eigenvalue weighted by atomic mass is 10.2. The van der Waals surface area contributed by atoms with Crippen LogP contribution in [0.1, 0.15) is 22.3 Å². The summed E-state index contributed by atoms with van der Waals surface area (Å²) in [6.07, 6.45) is 0. The Bertz CT molecular complexity index is 742. The molecular weight excluding hydrogens is 284 g/mol. The molecule has 0 unspecified atom stereocenters. The molecule has 0 radical (unpaired) electrons. The van der Waals surface area contributed by atoms with E-state index >= 15 is 0 Å². The van der Waals surface area contributed by atoms with Crippen molar-refractivity contribution in [2.24, 2.45) is 0 Å². The zero-order valence-electron chi connectivity index (χ0n) is 11.7. The maximum atomic E-state index is 12.0. The van der Waals surface area contributed by atoms with Gasteiger partial charge in [0.2, 0.25) is 10.0 Å². The Labute approximate surface area is 125 Å². The van der Waals surface area contributed by atoms with Crippen molar-refractivity contribution < 1.29 is 8.42 Å². The number of nitrogens with one attached hydrogen (secondary N) is 1. The average molecular weight is 300 g/mol. The first-order chi connectivity index (χ1) is 9.98. The zero-order valence-corrected chi connectivity index (χ0v) is 12.5. The monoisotopic (exact) mass is 300 g/mol. The summed E-state index contributed by atoms with van der Waals surface area (Å²) >= 11 is 0. The van der Waals surface area contributed by atoms with Gasteiger partial charge in [-0.3, -0.25) is 0 Å². The highest BCUT2D eigenvalue weighted by atomic mass is 32.2. The number of rotatable bonds is 5. The topological polar surface area (TPSA) is 70.0 Å². The van der Waals surface area contributed by atoms with Gasteiger partial charge in [0.1, 0.15) is 0 Å². The average Bonchev–Trinajstić information content (AvgIpc) is 2.47. The van der Waals surface area contributed by atoms with Crippen molar-refractivity contribution in [3.8, 4) is 6.07 Å². The Morgan fingerprint density at radius 1 is 1.00 bits per heavy atom. The van der Waals surface area contributed by atoms with Crippen molar-refractivity contribution in [3.05, 3.63) is 70.8 Å². The molecule has 21 heavy (non-hydrogen) atoms. The number of hydrogen-bond donors (Lipinski definition) is 1. The minimum atomic E-state index is -3.40. The van der Waals surface area contributed by atoms with Crippen molar-refractivity contribution in [2.75, 3.05) is 0 Å². The van der Waals surface area contributed by atoms with E-state index in [4.69, 9.17) is 5.26 Å². The molecule has 0 amide bonds. The molecule has 0 heterocycles. The van der Waals surface area contributed by atoms with Gasteiger partial charge < -0.3 is 0 Å². The smallest absolute Gasteiger partial charge is 0.212 e. The molecule has 5 heteroatoms. The fraction of sp³-hybridized carbons (Fsp3) is 0.188. The third-order valence-corrected chi connectivity index (χ3v) is 4.35. The van der Waals surface area contributed by atoms with Crippen LogP contribution in [0.25, 0.3) is 0 Å². The second kappa shape index (κ2) is 6.53. The van der Waals surface area contributed by atoms with Crippen LogP contribution in [0, 0.1) is 18.3 Å². The predicted octanol–water partition coefficient (Wildman–Crippen LogP) is 2.49. The molecular formula is C16H16N2O2S. The number of nitrogens with zero attached hydrogens (tertiary/aromatic N) is 1. The van der Waals surface area contributed by atoms with E-state index in [1.54, 1.807) is 24.3 Å². The van der Waals surface area contributed by atoms with Crippen molar-refractivity contribution >= 4 is 10.0 Å². The standard InChI is InChI=1S/C16H16N2O2S/c1-13-2-4-15(5-3-13)11-18-21(19,20)12-16-8-6-14(10-17)7-9-16/h2-9,18H,11-12H2,1H3. The molecule has 0 spiro atoms. The molecule has 4 nitrogen and oxygen atoms in total. The molecule has 0 aliphatic carbocycles. The number of nitriles is 1. The summed E-state index contributed by atoms with van der Waals surface area (Å²) < 4.78 is 26.6. The molecule has 0 aromatic heterocycles. The van der Waals surface area contributed by atoms with Crippen LogP contribution in [-0.2, 0) is 22.3 Å². The van der Waals surface area contributed by atoms with Gasteiger partial charge in [0, 0.05) is 6.54 Å². The summed E-state index contributed by atoms with van der Waals surface area (Å²) in [5, 5.41) is 8.71. The van der Waals surface area contributed by atoms with Gasteiger partial charge >= 0.3 is 0 Å². The molecule has 0 fully saturated rings. The maximum absolute atomic E-state index is 12.0. The van der Waals surface area contributed by atoms with E-state index in [0.29, 0.717) is 11.1 Å². The van der Waals surface area contributed by atoms with Gasteiger partial charge in [-0.15, -0.1) is 0 Å². The molecule has 0 saturated heterocycles.